The van der Waals surface area contributed by atoms with Crippen molar-refractivity contribution in [2.24, 2.45) is 11.8 Å². The summed E-state index contributed by atoms with van der Waals surface area (Å²) in [4.78, 5) is 19.5. The summed E-state index contributed by atoms with van der Waals surface area (Å²) in [5.74, 6) is 1.59. The fourth-order valence-electron chi connectivity index (χ4n) is 3.96. The van der Waals surface area contributed by atoms with E-state index in [2.05, 4.69) is 29.0 Å². The Kier molecular flexibility index (Phi) is 6.23. The maximum atomic E-state index is 12.7. The Hall–Kier alpha value is -2.60. The number of hydrogen-bond acceptors (Lipinski definition) is 4. The summed E-state index contributed by atoms with van der Waals surface area (Å²) in [5.41, 5.74) is 2.64. The number of carbonyl (C=O) groups is 1. The third kappa shape index (κ3) is 4.43. The van der Waals surface area contributed by atoms with Crippen molar-refractivity contribution in [2.45, 2.75) is 33.1 Å². The van der Waals surface area contributed by atoms with Crippen LogP contribution in [0.5, 0.6) is 0 Å². The van der Waals surface area contributed by atoms with Gasteiger partial charge in [0.05, 0.1) is 16.6 Å². The summed E-state index contributed by atoms with van der Waals surface area (Å²) in [6.07, 6.45) is 6.49. The summed E-state index contributed by atoms with van der Waals surface area (Å²) < 4.78 is 1.84. The summed E-state index contributed by atoms with van der Waals surface area (Å²) in [5, 5.41) is 8.48. The van der Waals surface area contributed by atoms with E-state index in [0.717, 1.165) is 54.9 Å². The number of anilines is 1. The summed E-state index contributed by atoms with van der Waals surface area (Å²) in [6, 6.07) is 9.73. The van der Waals surface area contributed by atoms with Crippen LogP contribution in [0.1, 0.15) is 33.1 Å². The molecule has 1 amide bonds. The highest BCUT2D eigenvalue weighted by Gasteiger charge is 2.27. The monoisotopic (exact) mass is 425 g/mol. The van der Waals surface area contributed by atoms with Crippen molar-refractivity contribution in [2.75, 3.05) is 24.5 Å². The molecule has 1 saturated heterocycles. The number of aromatic nitrogens is 3. The Morgan fingerprint density at radius 1 is 1.33 bits per heavy atom. The van der Waals surface area contributed by atoms with E-state index in [-0.39, 0.29) is 11.8 Å². The number of halogens is 1. The molecule has 1 atom stereocenters. The van der Waals surface area contributed by atoms with E-state index in [1.165, 1.54) is 0 Å². The summed E-state index contributed by atoms with van der Waals surface area (Å²) >= 11 is 6.37. The highest BCUT2D eigenvalue weighted by molar-refractivity contribution is 6.33. The van der Waals surface area contributed by atoms with Crippen molar-refractivity contribution in [1.29, 1.82) is 0 Å². The molecule has 1 aliphatic heterocycles. The molecule has 30 heavy (non-hydrogen) atoms. The molecule has 0 bridgehead atoms. The summed E-state index contributed by atoms with van der Waals surface area (Å²) in [7, 11) is 0. The maximum absolute atomic E-state index is 12.7. The first-order chi connectivity index (χ1) is 14.5. The molecule has 1 aromatic carbocycles. The Balaban J connectivity index is 1.55. The number of carbonyl (C=O) groups excluding carboxylic acids is 1. The number of nitrogens with zero attached hydrogens (tertiary/aromatic N) is 4. The van der Waals surface area contributed by atoms with Crippen molar-refractivity contribution in [3.05, 3.63) is 47.7 Å². The smallest absolute Gasteiger partial charge is 0.224 e. The molecule has 0 saturated carbocycles. The molecule has 1 N–H and O–H groups in total. The molecule has 2 aromatic heterocycles. The number of benzene rings is 1. The molecule has 1 aliphatic rings. The maximum Gasteiger partial charge on any atom is 0.224 e. The average molecular weight is 426 g/mol. The second-order valence-electron chi connectivity index (χ2n) is 8.35. The number of rotatable bonds is 6. The highest BCUT2D eigenvalue weighted by atomic mass is 35.5. The van der Waals surface area contributed by atoms with E-state index < -0.39 is 0 Å². The van der Waals surface area contributed by atoms with Gasteiger partial charge in [0.25, 0.3) is 0 Å². The zero-order chi connectivity index (χ0) is 21.1. The molecule has 7 heteroatoms. The lowest BCUT2D eigenvalue weighted by Gasteiger charge is -2.33. The topological polar surface area (TPSA) is 62.5 Å². The average Bonchev–Trinajstić information content (AvgIpc) is 3.18. The van der Waals surface area contributed by atoms with E-state index in [1.54, 1.807) is 6.20 Å². The predicted molar refractivity (Wildman–Crippen MR) is 121 cm³/mol. The van der Waals surface area contributed by atoms with E-state index in [4.69, 9.17) is 16.7 Å². The molecule has 0 spiro atoms. The van der Waals surface area contributed by atoms with Gasteiger partial charge in [-0.3, -0.25) is 4.79 Å². The highest BCUT2D eigenvalue weighted by Crippen LogP contribution is 2.31. The fraction of sp³-hybridized carbons (Fsp3) is 0.435. The minimum absolute atomic E-state index is 0.0149. The van der Waals surface area contributed by atoms with Gasteiger partial charge in [0.15, 0.2) is 5.82 Å². The van der Waals surface area contributed by atoms with E-state index >= 15 is 0 Å². The van der Waals surface area contributed by atoms with E-state index in [9.17, 15) is 4.79 Å². The van der Waals surface area contributed by atoms with Gasteiger partial charge in [-0.05, 0) is 37.3 Å². The molecule has 0 aliphatic carbocycles. The van der Waals surface area contributed by atoms with Gasteiger partial charge >= 0.3 is 0 Å². The van der Waals surface area contributed by atoms with Gasteiger partial charge in [-0.1, -0.05) is 43.6 Å². The van der Waals surface area contributed by atoms with Crippen LogP contribution >= 0.6 is 11.6 Å². The van der Waals surface area contributed by atoms with Crippen LogP contribution in [0.3, 0.4) is 0 Å². The molecule has 1 fully saturated rings. The number of nitrogens with one attached hydrogen (secondary N) is 1. The van der Waals surface area contributed by atoms with Crippen molar-refractivity contribution in [1.82, 2.24) is 19.9 Å². The van der Waals surface area contributed by atoms with E-state index in [1.807, 2.05) is 41.0 Å². The third-order valence-corrected chi connectivity index (χ3v) is 5.96. The lowest BCUT2D eigenvalue weighted by Crippen LogP contribution is -2.43. The first kappa shape index (κ1) is 20.7. The van der Waals surface area contributed by atoms with Gasteiger partial charge in [-0.25, -0.2) is 9.50 Å². The van der Waals surface area contributed by atoms with Crippen molar-refractivity contribution in [3.63, 3.8) is 0 Å². The zero-order valence-electron chi connectivity index (χ0n) is 17.5. The largest absolute Gasteiger partial charge is 0.356 e. The normalized spacial score (nSPS) is 16.9. The van der Waals surface area contributed by atoms with Crippen LogP contribution in [0.4, 0.5) is 5.82 Å². The van der Waals surface area contributed by atoms with Gasteiger partial charge in [0.2, 0.25) is 5.91 Å². The molecule has 158 valence electrons. The standard InChI is InChI=1S/C23H28ClN5O/c1-16(2)9-10-26-23(30)17-6-5-12-28(15-17)22-21-14-20(27-29(21)13-11-25-22)18-7-3-4-8-19(18)24/h3-4,7-8,11,13-14,16-17H,5-6,9-10,12,15H2,1-2H3,(H,26,30)/t17-/m1/s1. The fourth-order valence-corrected chi connectivity index (χ4v) is 4.20. The molecule has 0 unspecified atom stereocenters. The van der Waals surface area contributed by atoms with Crippen LogP contribution in [0, 0.1) is 11.8 Å². The van der Waals surface area contributed by atoms with Crippen LogP contribution in [-0.2, 0) is 4.79 Å². The van der Waals surface area contributed by atoms with Crippen molar-refractivity contribution >= 4 is 28.8 Å². The Morgan fingerprint density at radius 2 is 2.17 bits per heavy atom. The molecule has 4 rings (SSSR count). The number of amides is 1. The lowest BCUT2D eigenvalue weighted by atomic mass is 9.97. The SMILES string of the molecule is CC(C)CCNC(=O)[C@@H]1CCCN(c2nccn3nc(-c4ccccc4Cl)cc23)C1. The molecular weight excluding hydrogens is 398 g/mol. The molecule has 3 heterocycles. The molecule has 3 aromatic rings. The Morgan fingerprint density at radius 3 is 2.97 bits per heavy atom. The van der Waals surface area contributed by atoms with Gasteiger partial charge in [-0.2, -0.15) is 5.10 Å². The number of piperidine rings is 1. The second kappa shape index (κ2) is 9.04. The van der Waals surface area contributed by atoms with E-state index in [0.29, 0.717) is 17.5 Å². The predicted octanol–water partition coefficient (Wildman–Crippen LogP) is 4.43. The van der Waals surface area contributed by atoms with Crippen molar-refractivity contribution < 1.29 is 4.79 Å². The number of fused-ring (bicyclic) bond motifs is 1. The van der Waals surface area contributed by atoms with Gasteiger partial charge in [-0.15, -0.1) is 0 Å². The third-order valence-electron chi connectivity index (χ3n) is 5.63. The minimum Gasteiger partial charge on any atom is -0.356 e. The minimum atomic E-state index is -0.0149. The van der Waals surface area contributed by atoms with Crippen LogP contribution in [0.25, 0.3) is 16.8 Å². The summed E-state index contributed by atoms with van der Waals surface area (Å²) in [6.45, 7) is 6.64. The molecular formula is C23H28ClN5O. The molecule has 0 radical (unpaired) electrons. The van der Waals surface area contributed by atoms with Crippen LogP contribution in [0.2, 0.25) is 5.02 Å². The van der Waals surface area contributed by atoms with Crippen LogP contribution in [-0.4, -0.2) is 40.1 Å². The Bertz CT molecular complexity index is 1030. The van der Waals surface area contributed by atoms with Gasteiger partial charge in [0, 0.05) is 37.6 Å². The number of hydrogen-bond donors (Lipinski definition) is 1. The quantitative estimate of drug-likeness (QED) is 0.634. The molecule has 6 nitrogen and oxygen atoms in total. The van der Waals surface area contributed by atoms with Crippen LogP contribution < -0.4 is 10.2 Å². The zero-order valence-corrected chi connectivity index (χ0v) is 18.3. The van der Waals surface area contributed by atoms with Gasteiger partial charge < -0.3 is 10.2 Å². The Labute approximate surface area is 182 Å². The first-order valence-electron chi connectivity index (χ1n) is 10.6. The van der Waals surface area contributed by atoms with Crippen LogP contribution in [0.15, 0.2) is 42.7 Å². The van der Waals surface area contributed by atoms with Gasteiger partial charge in [0.1, 0.15) is 5.52 Å². The first-order valence-corrected chi connectivity index (χ1v) is 11.0. The lowest BCUT2D eigenvalue weighted by molar-refractivity contribution is -0.125. The van der Waals surface area contributed by atoms with Crippen molar-refractivity contribution in [3.8, 4) is 11.3 Å². The second-order valence-corrected chi connectivity index (χ2v) is 8.76.